The maximum Gasteiger partial charge on any atom is 0.228 e. The van der Waals surface area contributed by atoms with Gasteiger partial charge in [-0.15, -0.1) is 6.58 Å². The quantitative estimate of drug-likeness (QED) is 0.850. The Morgan fingerprint density at radius 3 is 2.73 bits per heavy atom. The molecule has 1 aliphatic heterocycles. The number of nitrogens with one attached hydrogen (secondary N) is 1. The molecule has 0 radical (unpaired) electrons. The van der Waals surface area contributed by atoms with Crippen molar-refractivity contribution in [3.63, 3.8) is 0 Å². The van der Waals surface area contributed by atoms with E-state index < -0.39 is 0 Å². The van der Waals surface area contributed by atoms with Crippen molar-refractivity contribution < 1.29 is 14.3 Å². The van der Waals surface area contributed by atoms with Crippen molar-refractivity contribution in [3.8, 4) is 11.5 Å². The second-order valence-electron chi connectivity index (χ2n) is 5.96. The molecular weight excluding hydrogens is 278 g/mol. The lowest BCUT2D eigenvalue weighted by Crippen LogP contribution is -2.33. The molecule has 1 atom stereocenters. The highest BCUT2D eigenvalue weighted by Gasteiger charge is 2.32. The number of fused-ring (bicyclic) bond motifs is 1. The maximum absolute atomic E-state index is 12.6. The molecule has 1 fully saturated rings. The van der Waals surface area contributed by atoms with Gasteiger partial charge in [-0.05, 0) is 36.5 Å². The summed E-state index contributed by atoms with van der Waals surface area (Å²) in [5, 5.41) is 2.96. The third kappa shape index (κ3) is 3.11. The number of benzene rings is 1. The molecule has 1 saturated carbocycles. The van der Waals surface area contributed by atoms with Crippen LogP contribution in [0.15, 0.2) is 30.9 Å². The van der Waals surface area contributed by atoms with Crippen LogP contribution in [-0.2, 0) is 4.79 Å². The molecule has 0 spiro atoms. The Morgan fingerprint density at radius 2 is 2.00 bits per heavy atom. The van der Waals surface area contributed by atoms with Gasteiger partial charge in [-0.2, -0.15) is 0 Å². The molecule has 3 rings (SSSR count). The Bertz CT molecular complexity index is 549. The molecule has 0 bridgehead atoms. The second kappa shape index (κ2) is 6.86. The van der Waals surface area contributed by atoms with E-state index in [9.17, 15) is 4.79 Å². The summed E-state index contributed by atoms with van der Waals surface area (Å²) in [6.45, 7) is 5.32. The van der Waals surface area contributed by atoms with Gasteiger partial charge in [-0.3, -0.25) is 4.79 Å². The minimum atomic E-state index is -0.113. The van der Waals surface area contributed by atoms with Crippen LogP contribution in [0.5, 0.6) is 11.5 Å². The molecule has 4 heteroatoms. The van der Waals surface area contributed by atoms with Gasteiger partial charge >= 0.3 is 0 Å². The van der Waals surface area contributed by atoms with E-state index in [4.69, 9.17) is 9.47 Å². The van der Waals surface area contributed by atoms with Gasteiger partial charge in [-0.1, -0.05) is 25.0 Å². The van der Waals surface area contributed by atoms with Crippen molar-refractivity contribution in [3.05, 3.63) is 36.4 Å². The molecule has 4 nitrogen and oxygen atoms in total. The first-order valence-corrected chi connectivity index (χ1v) is 8.07. The smallest absolute Gasteiger partial charge is 0.228 e. The Balaban J connectivity index is 1.87. The first-order chi connectivity index (χ1) is 10.8. The molecule has 0 aromatic heterocycles. The molecule has 1 aromatic carbocycles. The third-order valence-corrected chi connectivity index (χ3v) is 4.50. The summed E-state index contributed by atoms with van der Waals surface area (Å²) in [5.41, 5.74) is 1.03. The Kier molecular flexibility index (Phi) is 4.66. The van der Waals surface area contributed by atoms with Crippen LogP contribution >= 0.6 is 0 Å². The van der Waals surface area contributed by atoms with Gasteiger partial charge < -0.3 is 14.8 Å². The third-order valence-electron chi connectivity index (χ3n) is 4.50. The molecule has 2 aliphatic rings. The molecule has 1 heterocycles. The molecule has 0 saturated heterocycles. The minimum absolute atomic E-state index is 0.0866. The zero-order valence-corrected chi connectivity index (χ0v) is 12.8. The summed E-state index contributed by atoms with van der Waals surface area (Å²) in [4.78, 5) is 12.6. The number of amides is 1. The van der Waals surface area contributed by atoms with Crippen LogP contribution in [0, 0.1) is 5.92 Å². The van der Waals surface area contributed by atoms with Crippen LogP contribution in [0.25, 0.3) is 0 Å². The number of rotatable bonds is 5. The van der Waals surface area contributed by atoms with E-state index in [0.29, 0.717) is 25.7 Å². The average molecular weight is 301 g/mol. The lowest BCUT2D eigenvalue weighted by atomic mass is 9.84. The van der Waals surface area contributed by atoms with Crippen LogP contribution in [0.4, 0.5) is 0 Å². The van der Waals surface area contributed by atoms with E-state index >= 15 is 0 Å². The van der Waals surface area contributed by atoms with E-state index in [2.05, 4.69) is 11.9 Å². The lowest BCUT2D eigenvalue weighted by molar-refractivity contribution is -0.123. The van der Waals surface area contributed by atoms with Crippen molar-refractivity contribution in [2.75, 3.05) is 19.8 Å². The van der Waals surface area contributed by atoms with Gasteiger partial charge in [0.2, 0.25) is 5.91 Å². The van der Waals surface area contributed by atoms with Gasteiger partial charge in [0.05, 0.1) is 5.92 Å². The molecule has 1 N–H and O–H groups in total. The van der Waals surface area contributed by atoms with E-state index in [0.717, 1.165) is 29.9 Å². The summed E-state index contributed by atoms with van der Waals surface area (Å²) in [6, 6.07) is 5.90. The summed E-state index contributed by atoms with van der Waals surface area (Å²) >= 11 is 0. The van der Waals surface area contributed by atoms with Crippen molar-refractivity contribution in [1.82, 2.24) is 5.32 Å². The zero-order valence-electron chi connectivity index (χ0n) is 12.8. The summed E-state index contributed by atoms with van der Waals surface area (Å²) in [6.07, 6.45) is 6.36. The van der Waals surface area contributed by atoms with E-state index in [-0.39, 0.29) is 11.8 Å². The normalized spacial score (nSPS) is 18.7. The van der Waals surface area contributed by atoms with Crippen LogP contribution in [-0.4, -0.2) is 25.7 Å². The Hall–Kier alpha value is -1.97. The van der Waals surface area contributed by atoms with Gasteiger partial charge in [0, 0.05) is 6.54 Å². The van der Waals surface area contributed by atoms with Crippen molar-refractivity contribution in [1.29, 1.82) is 0 Å². The average Bonchev–Trinajstić information content (AvgIpc) is 3.07. The fourth-order valence-corrected chi connectivity index (χ4v) is 3.46. The first kappa shape index (κ1) is 14.9. The number of hydrogen-bond donors (Lipinski definition) is 1. The van der Waals surface area contributed by atoms with E-state index in [1.54, 1.807) is 6.08 Å². The monoisotopic (exact) mass is 301 g/mol. The lowest BCUT2D eigenvalue weighted by Gasteiger charge is -2.25. The van der Waals surface area contributed by atoms with Crippen molar-refractivity contribution in [2.45, 2.75) is 31.6 Å². The van der Waals surface area contributed by atoms with Crippen LogP contribution in [0.3, 0.4) is 0 Å². The number of carbonyl (C=O) groups excluding carboxylic acids is 1. The fraction of sp³-hybridized carbons (Fsp3) is 0.500. The van der Waals surface area contributed by atoms with Crippen LogP contribution in [0.2, 0.25) is 0 Å². The molecular formula is C18H23NO3. The molecule has 1 aliphatic carbocycles. The van der Waals surface area contributed by atoms with Gasteiger partial charge in [-0.25, -0.2) is 0 Å². The summed E-state index contributed by atoms with van der Waals surface area (Å²) < 4.78 is 11.2. The van der Waals surface area contributed by atoms with Crippen LogP contribution in [0.1, 0.15) is 37.2 Å². The maximum atomic E-state index is 12.6. The Morgan fingerprint density at radius 1 is 1.27 bits per heavy atom. The predicted octanol–water partition coefficient (Wildman–Crippen LogP) is 3.03. The molecule has 1 amide bonds. The van der Waals surface area contributed by atoms with E-state index in [1.807, 2.05) is 18.2 Å². The Labute approximate surface area is 131 Å². The second-order valence-corrected chi connectivity index (χ2v) is 5.96. The molecule has 1 aromatic rings. The van der Waals surface area contributed by atoms with Gasteiger partial charge in [0.25, 0.3) is 0 Å². The van der Waals surface area contributed by atoms with Crippen molar-refractivity contribution >= 4 is 5.91 Å². The largest absolute Gasteiger partial charge is 0.486 e. The van der Waals surface area contributed by atoms with Crippen molar-refractivity contribution in [2.24, 2.45) is 5.92 Å². The minimum Gasteiger partial charge on any atom is -0.486 e. The summed E-state index contributed by atoms with van der Waals surface area (Å²) in [5.74, 6) is 1.91. The number of hydrogen-bond acceptors (Lipinski definition) is 3. The fourth-order valence-electron chi connectivity index (χ4n) is 3.46. The molecule has 22 heavy (non-hydrogen) atoms. The highest BCUT2D eigenvalue weighted by Crippen LogP contribution is 2.40. The van der Waals surface area contributed by atoms with Crippen LogP contribution < -0.4 is 14.8 Å². The topological polar surface area (TPSA) is 47.6 Å². The number of ether oxygens (including phenoxy) is 2. The highest BCUT2D eigenvalue weighted by molar-refractivity contribution is 5.84. The summed E-state index contributed by atoms with van der Waals surface area (Å²) in [7, 11) is 0. The predicted molar refractivity (Wildman–Crippen MR) is 85.3 cm³/mol. The standard InChI is InChI=1S/C18H23NO3/c1-2-9-19-18(20)17(13-5-3-4-6-13)14-7-8-15-16(12-14)22-11-10-21-15/h2,7-8,12-13,17H,1,3-6,9-11H2,(H,19,20). The molecule has 1 unspecified atom stereocenters. The van der Waals surface area contributed by atoms with E-state index in [1.165, 1.54) is 12.8 Å². The van der Waals surface area contributed by atoms with Gasteiger partial charge in [0.1, 0.15) is 13.2 Å². The zero-order chi connectivity index (χ0) is 15.4. The van der Waals surface area contributed by atoms with Gasteiger partial charge in [0.15, 0.2) is 11.5 Å². The molecule has 118 valence electrons. The number of carbonyl (C=O) groups is 1. The first-order valence-electron chi connectivity index (χ1n) is 8.07. The highest BCUT2D eigenvalue weighted by atomic mass is 16.6. The SMILES string of the molecule is C=CCNC(=O)C(c1ccc2c(c1)OCCO2)C1CCCC1.